The molecule has 0 bridgehead atoms. The smallest absolute Gasteiger partial charge is 0.229 e. The van der Waals surface area contributed by atoms with Crippen molar-refractivity contribution in [3.8, 4) is 0 Å². The summed E-state index contributed by atoms with van der Waals surface area (Å²) in [5, 5.41) is 4.80. The van der Waals surface area contributed by atoms with Crippen LogP contribution < -0.4 is 5.14 Å². The average molecular weight is 214 g/mol. The van der Waals surface area contributed by atoms with Crippen molar-refractivity contribution in [1.29, 1.82) is 0 Å². The molecule has 8 heteroatoms. The molecule has 0 amide bonds. The molecule has 1 rings (SSSR count). The van der Waals surface area contributed by atoms with Crippen molar-refractivity contribution >= 4 is 20.0 Å². The highest BCUT2D eigenvalue weighted by atomic mass is 32.2. The number of nitrogens with zero attached hydrogens (tertiary/aromatic N) is 1. The lowest BCUT2D eigenvalue weighted by Crippen LogP contribution is -2.46. The second kappa shape index (κ2) is 2.95. The maximum absolute atomic E-state index is 10.9. The molecule has 1 aliphatic rings. The minimum absolute atomic E-state index is 0.0266. The molecule has 0 aliphatic carbocycles. The Labute approximate surface area is 71.4 Å². The minimum atomic E-state index is -3.71. The molecule has 0 unspecified atom stereocenters. The van der Waals surface area contributed by atoms with Gasteiger partial charge in [-0.25, -0.2) is 13.6 Å². The molecule has 0 radical (unpaired) electrons. The molecule has 0 aromatic carbocycles. The van der Waals surface area contributed by atoms with Gasteiger partial charge in [-0.1, -0.05) is 0 Å². The molecule has 1 heterocycles. The van der Waals surface area contributed by atoms with E-state index in [9.17, 15) is 16.8 Å². The standard InChI is InChI=1S/C4H10N2O4S2/c5-12(9,10)6-1-3-11(7,8)4-2-6/h1-4H2,(H2,5,9,10). The van der Waals surface area contributed by atoms with E-state index in [0.29, 0.717) is 0 Å². The third-order valence-electron chi connectivity index (χ3n) is 1.66. The summed E-state index contributed by atoms with van der Waals surface area (Å²) in [6.07, 6.45) is 0. The summed E-state index contributed by atoms with van der Waals surface area (Å²) in [4.78, 5) is 0. The zero-order chi connectivity index (χ0) is 9.41. The molecule has 1 fully saturated rings. The molecule has 0 aromatic heterocycles. The van der Waals surface area contributed by atoms with Gasteiger partial charge in [0, 0.05) is 13.1 Å². The fraction of sp³-hybridized carbons (Fsp3) is 1.00. The van der Waals surface area contributed by atoms with E-state index in [0.717, 1.165) is 4.31 Å². The molecule has 1 aliphatic heterocycles. The van der Waals surface area contributed by atoms with Crippen LogP contribution in [0.4, 0.5) is 0 Å². The van der Waals surface area contributed by atoms with Crippen molar-refractivity contribution in [2.45, 2.75) is 0 Å². The van der Waals surface area contributed by atoms with Crippen molar-refractivity contribution in [3.63, 3.8) is 0 Å². The predicted octanol–water partition coefficient (Wildman–Crippen LogP) is -2.08. The second-order valence-corrected chi connectivity index (χ2v) is 6.45. The Hall–Kier alpha value is -0.180. The summed E-state index contributed by atoms with van der Waals surface area (Å²) >= 11 is 0. The Bertz CT molecular complexity index is 343. The Morgan fingerprint density at radius 1 is 1.17 bits per heavy atom. The molecule has 0 saturated carbocycles. The molecular weight excluding hydrogens is 204 g/mol. The number of sulfone groups is 1. The molecular formula is C4H10N2O4S2. The molecule has 2 N–H and O–H groups in total. The number of hydrogen-bond acceptors (Lipinski definition) is 4. The highest BCUT2D eigenvalue weighted by Gasteiger charge is 2.27. The van der Waals surface area contributed by atoms with E-state index >= 15 is 0 Å². The van der Waals surface area contributed by atoms with Crippen LogP contribution in [0.2, 0.25) is 0 Å². The van der Waals surface area contributed by atoms with Crippen LogP contribution in [0, 0.1) is 0 Å². The normalized spacial score (nSPS) is 25.4. The first kappa shape index (κ1) is 9.90. The van der Waals surface area contributed by atoms with Crippen LogP contribution in [0.1, 0.15) is 0 Å². The topological polar surface area (TPSA) is 97.5 Å². The van der Waals surface area contributed by atoms with Crippen molar-refractivity contribution in [2.75, 3.05) is 24.6 Å². The van der Waals surface area contributed by atoms with Crippen LogP contribution in [0.5, 0.6) is 0 Å². The Morgan fingerprint density at radius 2 is 1.58 bits per heavy atom. The fourth-order valence-electron chi connectivity index (χ4n) is 0.950. The van der Waals surface area contributed by atoms with Gasteiger partial charge in [0.2, 0.25) is 0 Å². The monoisotopic (exact) mass is 214 g/mol. The van der Waals surface area contributed by atoms with Crippen molar-refractivity contribution in [2.24, 2.45) is 5.14 Å². The van der Waals surface area contributed by atoms with E-state index < -0.39 is 20.0 Å². The highest BCUT2D eigenvalue weighted by Crippen LogP contribution is 2.05. The quantitative estimate of drug-likeness (QED) is 0.541. The van der Waals surface area contributed by atoms with Crippen LogP contribution in [0.15, 0.2) is 0 Å². The summed E-state index contributed by atoms with van der Waals surface area (Å²) in [5.41, 5.74) is 0. The Balaban J connectivity index is 2.71. The van der Waals surface area contributed by atoms with Crippen LogP contribution in [0.3, 0.4) is 0 Å². The van der Waals surface area contributed by atoms with Crippen LogP contribution in [0.25, 0.3) is 0 Å². The zero-order valence-corrected chi connectivity index (χ0v) is 7.94. The van der Waals surface area contributed by atoms with Crippen molar-refractivity contribution in [1.82, 2.24) is 4.31 Å². The van der Waals surface area contributed by atoms with E-state index in [-0.39, 0.29) is 24.6 Å². The van der Waals surface area contributed by atoms with Crippen LogP contribution >= 0.6 is 0 Å². The molecule has 0 spiro atoms. The minimum Gasteiger partial charge on any atom is -0.229 e. The van der Waals surface area contributed by atoms with Gasteiger partial charge in [0.15, 0.2) is 9.84 Å². The predicted molar refractivity (Wildman–Crippen MR) is 43.3 cm³/mol. The van der Waals surface area contributed by atoms with Crippen LogP contribution in [-0.2, 0) is 20.0 Å². The molecule has 0 atom stereocenters. The molecule has 1 saturated heterocycles. The number of hydrogen-bond donors (Lipinski definition) is 1. The second-order valence-electron chi connectivity index (χ2n) is 2.60. The van der Waals surface area contributed by atoms with E-state index in [1.807, 2.05) is 0 Å². The van der Waals surface area contributed by atoms with Gasteiger partial charge in [-0.05, 0) is 0 Å². The van der Waals surface area contributed by atoms with Crippen LogP contribution in [-0.4, -0.2) is 45.7 Å². The van der Waals surface area contributed by atoms with Gasteiger partial charge in [-0.15, -0.1) is 0 Å². The maximum Gasteiger partial charge on any atom is 0.276 e. The lowest BCUT2D eigenvalue weighted by molar-refractivity contribution is 0.431. The largest absolute Gasteiger partial charge is 0.276 e. The Kier molecular flexibility index (Phi) is 2.43. The van der Waals surface area contributed by atoms with Gasteiger partial charge in [-0.2, -0.15) is 12.7 Å². The van der Waals surface area contributed by atoms with Crippen molar-refractivity contribution in [3.05, 3.63) is 0 Å². The first-order valence-electron chi connectivity index (χ1n) is 3.29. The van der Waals surface area contributed by atoms with E-state index in [4.69, 9.17) is 5.14 Å². The zero-order valence-electron chi connectivity index (χ0n) is 6.30. The van der Waals surface area contributed by atoms with E-state index in [1.54, 1.807) is 0 Å². The van der Waals surface area contributed by atoms with Gasteiger partial charge in [-0.3, -0.25) is 0 Å². The number of rotatable bonds is 1. The van der Waals surface area contributed by atoms with Gasteiger partial charge in [0.25, 0.3) is 10.2 Å². The van der Waals surface area contributed by atoms with Crippen molar-refractivity contribution < 1.29 is 16.8 Å². The van der Waals surface area contributed by atoms with Gasteiger partial charge < -0.3 is 0 Å². The third-order valence-corrected chi connectivity index (χ3v) is 4.36. The summed E-state index contributed by atoms with van der Waals surface area (Å²) in [7, 11) is -6.74. The Morgan fingerprint density at radius 3 is 1.92 bits per heavy atom. The molecule has 6 nitrogen and oxygen atoms in total. The first-order valence-corrected chi connectivity index (χ1v) is 6.62. The van der Waals surface area contributed by atoms with Gasteiger partial charge in [0.1, 0.15) is 0 Å². The average Bonchev–Trinajstić information content (AvgIpc) is 1.83. The summed E-state index contributed by atoms with van der Waals surface area (Å²) in [6, 6.07) is 0. The van der Waals surface area contributed by atoms with Gasteiger partial charge >= 0.3 is 0 Å². The molecule has 0 aromatic rings. The summed E-state index contributed by atoms with van der Waals surface area (Å²) in [5.74, 6) is -0.271. The van der Waals surface area contributed by atoms with E-state index in [2.05, 4.69) is 0 Å². The fourth-order valence-corrected chi connectivity index (χ4v) is 3.07. The lowest BCUT2D eigenvalue weighted by Gasteiger charge is -2.23. The molecule has 12 heavy (non-hydrogen) atoms. The summed E-state index contributed by atoms with van der Waals surface area (Å²) in [6.45, 7) is -0.0532. The highest BCUT2D eigenvalue weighted by molar-refractivity contribution is 7.91. The first-order chi connectivity index (χ1) is 5.31. The molecule has 72 valence electrons. The van der Waals surface area contributed by atoms with Gasteiger partial charge in [0.05, 0.1) is 11.5 Å². The summed E-state index contributed by atoms with van der Waals surface area (Å²) < 4.78 is 44.1. The van der Waals surface area contributed by atoms with E-state index in [1.165, 1.54) is 0 Å². The lowest BCUT2D eigenvalue weighted by atomic mass is 10.6. The maximum atomic E-state index is 10.9. The number of nitrogens with two attached hydrogens (primary N) is 1. The third kappa shape index (κ3) is 2.41. The SMILES string of the molecule is NS(=O)(=O)N1CCS(=O)(=O)CC1.